The lowest BCUT2D eigenvalue weighted by atomic mass is 10.1. The Morgan fingerprint density at radius 1 is 1.00 bits per heavy atom. The summed E-state index contributed by atoms with van der Waals surface area (Å²) in [6.07, 6.45) is -0.948. The van der Waals surface area contributed by atoms with Gasteiger partial charge in [0.15, 0.2) is 23.2 Å². The number of halogens is 3. The summed E-state index contributed by atoms with van der Waals surface area (Å²) in [5.74, 6) is -3.05. The van der Waals surface area contributed by atoms with Gasteiger partial charge < -0.3 is 9.84 Å². The Morgan fingerprint density at radius 2 is 1.74 bits per heavy atom. The van der Waals surface area contributed by atoms with Crippen molar-refractivity contribution in [3.8, 4) is 11.5 Å². The summed E-state index contributed by atoms with van der Waals surface area (Å²) in [5.41, 5.74) is 0.227. The zero-order valence-electron chi connectivity index (χ0n) is 10.0. The topological polar surface area (TPSA) is 29.5 Å². The number of benzene rings is 2. The summed E-state index contributed by atoms with van der Waals surface area (Å²) < 4.78 is 44.7. The Kier molecular flexibility index (Phi) is 3.76. The van der Waals surface area contributed by atoms with Gasteiger partial charge in [0.05, 0.1) is 6.10 Å². The lowest BCUT2D eigenvalue weighted by molar-refractivity contribution is 0.194. The van der Waals surface area contributed by atoms with Gasteiger partial charge in [-0.05, 0) is 25.1 Å². The van der Waals surface area contributed by atoms with Crippen molar-refractivity contribution in [2.45, 2.75) is 13.0 Å². The minimum atomic E-state index is -1.09. The summed E-state index contributed by atoms with van der Waals surface area (Å²) in [6, 6.07) is 6.94. The van der Waals surface area contributed by atoms with Crippen molar-refractivity contribution in [1.82, 2.24) is 0 Å². The molecule has 0 aromatic heterocycles. The van der Waals surface area contributed by atoms with E-state index in [1.165, 1.54) is 25.1 Å². The highest BCUT2D eigenvalue weighted by Crippen LogP contribution is 2.32. The first-order valence-electron chi connectivity index (χ1n) is 5.58. The van der Waals surface area contributed by atoms with Crippen molar-refractivity contribution in [2.75, 3.05) is 0 Å². The van der Waals surface area contributed by atoms with Gasteiger partial charge in [-0.2, -0.15) is 0 Å². The van der Waals surface area contributed by atoms with Crippen LogP contribution in [-0.4, -0.2) is 5.11 Å². The van der Waals surface area contributed by atoms with Gasteiger partial charge in [0.25, 0.3) is 0 Å². The molecule has 0 aliphatic heterocycles. The molecule has 0 saturated carbocycles. The van der Waals surface area contributed by atoms with E-state index in [0.717, 1.165) is 18.2 Å². The van der Waals surface area contributed by atoms with Gasteiger partial charge in [0.2, 0.25) is 0 Å². The third-order valence-corrected chi connectivity index (χ3v) is 2.56. The van der Waals surface area contributed by atoms with Crippen molar-refractivity contribution in [3.63, 3.8) is 0 Å². The highest BCUT2D eigenvalue weighted by Gasteiger charge is 2.15. The van der Waals surface area contributed by atoms with Gasteiger partial charge in [-0.3, -0.25) is 0 Å². The second-order valence-electron chi connectivity index (χ2n) is 4.01. The van der Waals surface area contributed by atoms with Crippen LogP contribution < -0.4 is 4.74 Å². The van der Waals surface area contributed by atoms with Crippen LogP contribution >= 0.6 is 0 Å². The smallest absolute Gasteiger partial charge is 0.168 e. The minimum absolute atomic E-state index is 0.0501. The number of hydrogen-bond acceptors (Lipinski definition) is 2. The SMILES string of the molecule is CC(O)c1cccc(F)c1Oc1ccc(F)c(F)c1. The van der Waals surface area contributed by atoms with Crippen molar-refractivity contribution in [3.05, 3.63) is 59.4 Å². The first kappa shape index (κ1) is 13.4. The van der Waals surface area contributed by atoms with E-state index in [1.807, 2.05) is 0 Å². The molecular formula is C14H11F3O2. The molecular weight excluding hydrogens is 257 g/mol. The molecule has 0 bridgehead atoms. The van der Waals surface area contributed by atoms with Crippen LogP contribution in [0.15, 0.2) is 36.4 Å². The molecule has 0 fully saturated rings. The number of aliphatic hydroxyl groups excluding tert-OH is 1. The maximum Gasteiger partial charge on any atom is 0.168 e. The molecule has 0 saturated heterocycles. The molecule has 19 heavy (non-hydrogen) atoms. The first-order valence-corrected chi connectivity index (χ1v) is 5.58. The molecule has 2 nitrogen and oxygen atoms in total. The highest BCUT2D eigenvalue weighted by atomic mass is 19.2. The third kappa shape index (κ3) is 2.88. The maximum atomic E-state index is 13.7. The zero-order valence-corrected chi connectivity index (χ0v) is 10.0. The largest absolute Gasteiger partial charge is 0.454 e. The predicted octanol–water partition coefficient (Wildman–Crippen LogP) is 3.95. The molecule has 0 heterocycles. The van der Waals surface area contributed by atoms with Gasteiger partial charge in [0.1, 0.15) is 5.75 Å². The lowest BCUT2D eigenvalue weighted by Crippen LogP contribution is -1.99. The summed E-state index contributed by atoms with van der Waals surface area (Å²) in [5, 5.41) is 9.52. The second kappa shape index (κ2) is 5.32. The fourth-order valence-corrected chi connectivity index (χ4v) is 1.62. The minimum Gasteiger partial charge on any atom is -0.454 e. The van der Waals surface area contributed by atoms with Gasteiger partial charge in [-0.1, -0.05) is 12.1 Å². The number of hydrogen-bond donors (Lipinski definition) is 1. The van der Waals surface area contributed by atoms with Crippen LogP contribution in [0, 0.1) is 17.5 Å². The Bertz CT molecular complexity index is 597. The second-order valence-corrected chi connectivity index (χ2v) is 4.01. The molecule has 0 amide bonds. The number of rotatable bonds is 3. The Morgan fingerprint density at radius 3 is 2.37 bits per heavy atom. The molecule has 1 unspecified atom stereocenters. The van der Waals surface area contributed by atoms with Crippen LogP contribution in [-0.2, 0) is 0 Å². The quantitative estimate of drug-likeness (QED) is 0.913. The monoisotopic (exact) mass is 268 g/mol. The number of aliphatic hydroxyl groups is 1. The summed E-state index contributed by atoms with van der Waals surface area (Å²) in [4.78, 5) is 0. The van der Waals surface area contributed by atoms with E-state index in [2.05, 4.69) is 0 Å². The summed E-state index contributed by atoms with van der Waals surface area (Å²) >= 11 is 0. The molecule has 5 heteroatoms. The average Bonchev–Trinajstić information content (AvgIpc) is 2.36. The molecule has 2 rings (SSSR count). The molecule has 1 N–H and O–H groups in total. The van der Waals surface area contributed by atoms with Crippen LogP contribution in [0.25, 0.3) is 0 Å². The van der Waals surface area contributed by atoms with E-state index >= 15 is 0 Å². The van der Waals surface area contributed by atoms with Gasteiger partial charge in [-0.25, -0.2) is 13.2 Å². The zero-order chi connectivity index (χ0) is 14.0. The Balaban J connectivity index is 2.40. The Labute approximate surface area is 108 Å². The molecule has 0 radical (unpaired) electrons. The van der Waals surface area contributed by atoms with E-state index in [4.69, 9.17) is 4.74 Å². The van der Waals surface area contributed by atoms with E-state index in [-0.39, 0.29) is 17.1 Å². The van der Waals surface area contributed by atoms with Crippen LogP contribution in [0.5, 0.6) is 11.5 Å². The molecule has 0 aliphatic rings. The van der Waals surface area contributed by atoms with Crippen molar-refractivity contribution >= 4 is 0 Å². The van der Waals surface area contributed by atoms with E-state index in [1.54, 1.807) is 0 Å². The average molecular weight is 268 g/mol. The van der Waals surface area contributed by atoms with Crippen LogP contribution in [0.3, 0.4) is 0 Å². The van der Waals surface area contributed by atoms with Crippen LogP contribution in [0.4, 0.5) is 13.2 Å². The predicted molar refractivity (Wildman–Crippen MR) is 63.5 cm³/mol. The van der Waals surface area contributed by atoms with E-state index < -0.39 is 23.6 Å². The van der Waals surface area contributed by atoms with Crippen molar-refractivity contribution in [1.29, 1.82) is 0 Å². The summed E-state index contributed by atoms with van der Waals surface area (Å²) in [6.45, 7) is 1.45. The van der Waals surface area contributed by atoms with Crippen LogP contribution in [0.1, 0.15) is 18.6 Å². The number of ether oxygens (including phenoxy) is 1. The Hall–Kier alpha value is -2.01. The normalized spacial score (nSPS) is 12.3. The van der Waals surface area contributed by atoms with Crippen LogP contribution in [0.2, 0.25) is 0 Å². The molecule has 0 aliphatic carbocycles. The van der Waals surface area contributed by atoms with E-state index in [0.29, 0.717) is 0 Å². The van der Waals surface area contributed by atoms with Gasteiger partial charge in [0, 0.05) is 11.6 Å². The molecule has 1 atom stereocenters. The first-order chi connectivity index (χ1) is 8.99. The van der Waals surface area contributed by atoms with E-state index in [9.17, 15) is 18.3 Å². The van der Waals surface area contributed by atoms with Crippen molar-refractivity contribution in [2.24, 2.45) is 0 Å². The molecule has 0 spiro atoms. The van der Waals surface area contributed by atoms with Gasteiger partial charge in [-0.15, -0.1) is 0 Å². The third-order valence-electron chi connectivity index (χ3n) is 2.56. The summed E-state index contributed by atoms with van der Waals surface area (Å²) in [7, 11) is 0. The molecule has 2 aromatic rings. The maximum absolute atomic E-state index is 13.7. The molecule has 2 aromatic carbocycles. The highest BCUT2D eigenvalue weighted by molar-refractivity contribution is 5.40. The van der Waals surface area contributed by atoms with Crippen molar-refractivity contribution < 1.29 is 23.0 Å². The fourth-order valence-electron chi connectivity index (χ4n) is 1.62. The number of para-hydroxylation sites is 1. The molecule has 100 valence electrons. The van der Waals surface area contributed by atoms with Gasteiger partial charge >= 0.3 is 0 Å². The lowest BCUT2D eigenvalue weighted by Gasteiger charge is -2.13. The fraction of sp³-hybridized carbons (Fsp3) is 0.143. The standard InChI is InChI=1S/C14H11F3O2/c1-8(18)10-3-2-4-12(16)14(10)19-9-5-6-11(15)13(17)7-9/h2-8,18H,1H3.